The van der Waals surface area contributed by atoms with Crippen molar-refractivity contribution in [3.8, 4) is 0 Å². The lowest BCUT2D eigenvalue weighted by Crippen LogP contribution is -2.24. The number of carbonyl (C=O) groups excluding carboxylic acids is 1. The van der Waals surface area contributed by atoms with E-state index < -0.39 is 0 Å². The molecule has 1 N–H and O–H groups in total. The summed E-state index contributed by atoms with van der Waals surface area (Å²) in [6, 6.07) is 1.92. The van der Waals surface area contributed by atoms with Gasteiger partial charge in [-0.1, -0.05) is 13.8 Å². The molecule has 0 radical (unpaired) electrons. The van der Waals surface area contributed by atoms with Gasteiger partial charge in [0.25, 0.3) is 5.91 Å². The minimum absolute atomic E-state index is 0.0536. The maximum Gasteiger partial charge on any atom is 0.252 e. The Kier molecular flexibility index (Phi) is 5.60. The third-order valence-corrected chi connectivity index (χ3v) is 3.86. The fourth-order valence-corrected chi connectivity index (χ4v) is 2.57. The van der Waals surface area contributed by atoms with Crippen molar-refractivity contribution in [2.24, 2.45) is 5.92 Å². The summed E-state index contributed by atoms with van der Waals surface area (Å²) in [5.74, 6) is 0.766. The van der Waals surface area contributed by atoms with Crippen LogP contribution in [0.5, 0.6) is 0 Å². The van der Waals surface area contributed by atoms with Gasteiger partial charge < -0.3 is 5.32 Å². The van der Waals surface area contributed by atoms with E-state index in [1.165, 1.54) is 6.42 Å². The molecule has 0 bridgehead atoms. The van der Waals surface area contributed by atoms with Gasteiger partial charge in [-0.3, -0.25) is 4.79 Å². The van der Waals surface area contributed by atoms with E-state index >= 15 is 0 Å². The molecule has 0 aliphatic heterocycles. The Bertz CT molecular complexity index is 322. The molecule has 0 aliphatic carbocycles. The predicted molar refractivity (Wildman–Crippen MR) is 73.4 cm³/mol. The minimum atomic E-state index is 0.0536. The Morgan fingerprint density at radius 2 is 2.33 bits per heavy atom. The van der Waals surface area contributed by atoms with Crippen LogP contribution in [-0.4, -0.2) is 12.5 Å². The number of amides is 1. The van der Waals surface area contributed by atoms with Gasteiger partial charge in [0.05, 0.1) is 8.45 Å². The van der Waals surface area contributed by atoms with Crippen LogP contribution in [0.25, 0.3) is 0 Å². The molecule has 0 unspecified atom stereocenters. The SMILES string of the molecule is CC(C)CCCNC(=O)c1csc(I)c1. The highest BCUT2D eigenvalue weighted by atomic mass is 127. The molecular formula is C11H16INOS. The lowest BCUT2D eigenvalue weighted by molar-refractivity contribution is 0.0953. The largest absolute Gasteiger partial charge is 0.352 e. The fourth-order valence-electron chi connectivity index (χ4n) is 1.24. The number of thiophene rings is 1. The van der Waals surface area contributed by atoms with Gasteiger partial charge in [0.15, 0.2) is 0 Å². The molecule has 84 valence electrons. The Morgan fingerprint density at radius 3 is 2.87 bits per heavy atom. The molecule has 0 atom stereocenters. The van der Waals surface area contributed by atoms with Gasteiger partial charge in [-0.05, 0) is 47.4 Å². The number of carbonyl (C=O) groups is 1. The first-order chi connectivity index (χ1) is 7.09. The Labute approximate surface area is 109 Å². The van der Waals surface area contributed by atoms with Crippen LogP contribution in [0.1, 0.15) is 37.0 Å². The van der Waals surface area contributed by atoms with Crippen molar-refractivity contribution in [3.05, 3.63) is 19.9 Å². The molecule has 0 saturated heterocycles. The molecule has 1 aromatic rings. The van der Waals surface area contributed by atoms with E-state index in [0.717, 1.165) is 21.4 Å². The standard InChI is InChI=1S/C11H16INOS/c1-8(2)4-3-5-13-11(14)9-6-10(12)15-7-9/h6-8H,3-5H2,1-2H3,(H,13,14). The number of halogens is 1. The number of hydrogen-bond acceptors (Lipinski definition) is 2. The third-order valence-electron chi connectivity index (χ3n) is 2.07. The molecule has 2 nitrogen and oxygen atoms in total. The van der Waals surface area contributed by atoms with Crippen molar-refractivity contribution < 1.29 is 4.79 Å². The summed E-state index contributed by atoms with van der Waals surface area (Å²) < 4.78 is 1.15. The Balaban J connectivity index is 2.25. The molecule has 1 aromatic heterocycles. The number of nitrogens with one attached hydrogen (secondary N) is 1. The van der Waals surface area contributed by atoms with Gasteiger partial charge in [0.1, 0.15) is 0 Å². The highest BCUT2D eigenvalue weighted by Crippen LogP contribution is 2.16. The maximum atomic E-state index is 11.6. The van der Waals surface area contributed by atoms with Gasteiger partial charge in [0.2, 0.25) is 0 Å². The minimum Gasteiger partial charge on any atom is -0.352 e. The second-order valence-corrected chi connectivity index (χ2v) is 6.74. The van der Waals surface area contributed by atoms with Gasteiger partial charge in [-0.2, -0.15) is 0 Å². The molecule has 4 heteroatoms. The van der Waals surface area contributed by atoms with E-state index in [1.807, 2.05) is 11.4 Å². The predicted octanol–water partition coefficient (Wildman–Crippen LogP) is 3.52. The highest BCUT2D eigenvalue weighted by Gasteiger charge is 2.06. The Morgan fingerprint density at radius 1 is 1.60 bits per heavy atom. The lowest BCUT2D eigenvalue weighted by atomic mass is 10.1. The van der Waals surface area contributed by atoms with Crippen molar-refractivity contribution in [2.45, 2.75) is 26.7 Å². The summed E-state index contributed by atoms with van der Waals surface area (Å²) in [5.41, 5.74) is 0.786. The van der Waals surface area contributed by atoms with Crippen LogP contribution in [0, 0.1) is 8.80 Å². The van der Waals surface area contributed by atoms with Crippen molar-refractivity contribution in [3.63, 3.8) is 0 Å². The third kappa shape index (κ3) is 4.97. The summed E-state index contributed by atoms with van der Waals surface area (Å²) in [5, 5.41) is 4.83. The van der Waals surface area contributed by atoms with Crippen molar-refractivity contribution >= 4 is 39.8 Å². The molecule has 1 amide bonds. The van der Waals surface area contributed by atoms with Crippen LogP contribution in [0.3, 0.4) is 0 Å². The zero-order valence-electron chi connectivity index (χ0n) is 9.05. The monoisotopic (exact) mass is 337 g/mol. The van der Waals surface area contributed by atoms with Gasteiger partial charge >= 0.3 is 0 Å². The van der Waals surface area contributed by atoms with E-state index in [4.69, 9.17) is 0 Å². The fraction of sp³-hybridized carbons (Fsp3) is 0.545. The average molecular weight is 337 g/mol. The quantitative estimate of drug-likeness (QED) is 0.646. The number of hydrogen-bond donors (Lipinski definition) is 1. The molecule has 0 fully saturated rings. The average Bonchev–Trinajstić information content (AvgIpc) is 2.59. The molecule has 0 spiro atoms. The van der Waals surface area contributed by atoms with E-state index in [0.29, 0.717) is 5.92 Å². The van der Waals surface area contributed by atoms with E-state index in [-0.39, 0.29) is 5.91 Å². The summed E-state index contributed by atoms with van der Waals surface area (Å²) in [6.07, 6.45) is 2.23. The molecule has 0 saturated carbocycles. The van der Waals surface area contributed by atoms with Crippen LogP contribution in [-0.2, 0) is 0 Å². The van der Waals surface area contributed by atoms with Crippen LogP contribution < -0.4 is 5.32 Å². The lowest BCUT2D eigenvalue weighted by Gasteiger charge is -2.05. The highest BCUT2D eigenvalue weighted by molar-refractivity contribution is 14.1. The molecule has 15 heavy (non-hydrogen) atoms. The van der Waals surface area contributed by atoms with Crippen molar-refractivity contribution in [1.82, 2.24) is 5.32 Å². The van der Waals surface area contributed by atoms with E-state index in [9.17, 15) is 4.79 Å². The van der Waals surface area contributed by atoms with Crippen molar-refractivity contribution in [2.75, 3.05) is 6.54 Å². The smallest absolute Gasteiger partial charge is 0.252 e. The summed E-state index contributed by atoms with van der Waals surface area (Å²) in [6.45, 7) is 5.18. The topological polar surface area (TPSA) is 29.1 Å². The van der Waals surface area contributed by atoms with Gasteiger partial charge in [-0.15, -0.1) is 11.3 Å². The van der Waals surface area contributed by atoms with E-state index in [1.54, 1.807) is 11.3 Å². The zero-order valence-corrected chi connectivity index (χ0v) is 12.0. The van der Waals surface area contributed by atoms with Crippen molar-refractivity contribution in [1.29, 1.82) is 0 Å². The molecule has 1 rings (SSSR count). The summed E-state index contributed by atoms with van der Waals surface area (Å²) in [7, 11) is 0. The summed E-state index contributed by atoms with van der Waals surface area (Å²) >= 11 is 3.83. The van der Waals surface area contributed by atoms with Crippen LogP contribution in [0.2, 0.25) is 0 Å². The van der Waals surface area contributed by atoms with Gasteiger partial charge in [0, 0.05) is 11.9 Å². The molecular weight excluding hydrogens is 321 g/mol. The molecule has 0 aromatic carbocycles. The maximum absolute atomic E-state index is 11.6. The first-order valence-corrected chi connectivity index (χ1v) is 7.07. The van der Waals surface area contributed by atoms with Gasteiger partial charge in [-0.25, -0.2) is 0 Å². The number of rotatable bonds is 5. The van der Waals surface area contributed by atoms with Crippen LogP contribution in [0.15, 0.2) is 11.4 Å². The first kappa shape index (κ1) is 13.0. The second-order valence-electron chi connectivity index (χ2n) is 3.93. The normalized spacial score (nSPS) is 10.7. The summed E-state index contributed by atoms with van der Waals surface area (Å²) in [4.78, 5) is 11.6. The zero-order chi connectivity index (χ0) is 11.3. The molecule has 1 heterocycles. The van der Waals surface area contributed by atoms with Crippen LogP contribution in [0.4, 0.5) is 0 Å². The second kappa shape index (κ2) is 6.48. The molecule has 0 aliphatic rings. The Hall–Kier alpha value is -0.100. The van der Waals surface area contributed by atoms with Crippen LogP contribution >= 0.6 is 33.9 Å². The first-order valence-electron chi connectivity index (χ1n) is 5.12. The van der Waals surface area contributed by atoms with E-state index in [2.05, 4.69) is 41.8 Å².